The van der Waals surface area contributed by atoms with Crippen molar-refractivity contribution in [3.63, 3.8) is 0 Å². The summed E-state index contributed by atoms with van der Waals surface area (Å²) in [6.07, 6.45) is 3.02. The van der Waals surface area contributed by atoms with Gasteiger partial charge in [0, 0.05) is 36.9 Å². The number of carbonyl (C=O) groups is 1. The van der Waals surface area contributed by atoms with Crippen molar-refractivity contribution in [1.29, 1.82) is 0 Å². The van der Waals surface area contributed by atoms with Crippen LogP contribution in [0, 0.1) is 6.92 Å². The van der Waals surface area contributed by atoms with Crippen LogP contribution in [0.1, 0.15) is 16.1 Å². The molecule has 1 amide bonds. The number of benzene rings is 1. The zero-order valence-corrected chi connectivity index (χ0v) is 15.4. The van der Waals surface area contributed by atoms with Crippen LogP contribution in [-0.2, 0) is 4.74 Å². The second-order valence-corrected chi connectivity index (χ2v) is 6.52. The summed E-state index contributed by atoms with van der Waals surface area (Å²) in [4.78, 5) is 22.9. The molecule has 0 unspecified atom stereocenters. The maximum absolute atomic E-state index is 12.2. The number of rotatable bonds is 6. The standard InChI is InChI=1S/C18H22ClN5O2/c1-13-10-14(19)2-3-15(13)23-17-12-21-16(11-22-17)18(25)20-4-5-24-6-8-26-9-7-24/h2-3,10-12H,4-9H2,1H3,(H,20,25)(H,22,23). The Morgan fingerprint density at radius 1 is 1.27 bits per heavy atom. The molecule has 7 nitrogen and oxygen atoms in total. The summed E-state index contributed by atoms with van der Waals surface area (Å²) in [6, 6.07) is 5.56. The number of nitrogens with one attached hydrogen (secondary N) is 2. The van der Waals surface area contributed by atoms with Crippen LogP contribution < -0.4 is 10.6 Å². The Morgan fingerprint density at radius 2 is 2.08 bits per heavy atom. The maximum Gasteiger partial charge on any atom is 0.271 e. The number of aromatic nitrogens is 2. The van der Waals surface area contributed by atoms with Gasteiger partial charge in [0.1, 0.15) is 11.5 Å². The number of anilines is 2. The fraction of sp³-hybridized carbons (Fsp3) is 0.389. The van der Waals surface area contributed by atoms with E-state index in [1.807, 2.05) is 19.1 Å². The average Bonchev–Trinajstić information content (AvgIpc) is 2.65. The molecule has 1 aromatic carbocycles. The van der Waals surface area contributed by atoms with Crippen LogP contribution in [0.3, 0.4) is 0 Å². The molecule has 1 aromatic heterocycles. The van der Waals surface area contributed by atoms with Crippen LogP contribution in [0.4, 0.5) is 11.5 Å². The summed E-state index contributed by atoms with van der Waals surface area (Å²) in [7, 11) is 0. The molecule has 8 heteroatoms. The number of aryl methyl sites for hydroxylation is 1. The number of morpholine rings is 1. The lowest BCUT2D eigenvalue weighted by Gasteiger charge is -2.26. The van der Waals surface area contributed by atoms with Gasteiger partial charge in [0.25, 0.3) is 5.91 Å². The first-order valence-electron chi connectivity index (χ1n) is 8.55. The molecule has 0 spiro atoms. The first kappa shape index (κ1) is 18.6. The lowest BCUT2D eigenvalue weighted by atomic mass is 10.2. The highest BCUT2D eigenvalue weighted by molar-refractivity contribution is 6.30. The largest absolute Gasteiger partial charge is 0.379 e. The quantitative estimate of drug-likeness (QED) is 0.806. The van der Waals surface area contributed by atoms with E-state index in [1.165, 1.54) is 6.20 Å². The van der Waals surface area contributed by atoms with E-state index in [-0.39, 0.29) is 5.91 Å². The molecule has 3 rings (SSSR count). The van der Waals surface area contributed by atoms with Crippen LogP contribution in [0.5, 0.6) is 0 Å². The predicted molar refractivity (Wildman–Crippen MR) is 101 cm³/mol. The highest BCUT2D eigenvalue weighted by Gasteiger charge is 2.12. The molecule has 0 aliphatic carbocycles. The summed E-state index contributed by atoms with van der Waals surface area (Å²) in [5, 5.41) is 6.72. The van der Waals surface area contributed by atoms with Gasteiger partial charge in [-0.25, -0.2) is 9.97 Å². The second kappa shape index (κ2) is 8.93. The molecule has 2 heterocycles. The van der Waals surface area contributed by atoms with Gasteiger partial charge in [-0.1, -0.05) is 11.6 Å². The van der Waals surface area contributed by atoms with E-state index in [9.17, 15) is 4.79 Å². The second-order valence-electron chi connectivity index (χ2n) is 6.08. The molecule has 0 radical (unpaired) electrons. The number of amides is 1. The van der Waals surface area contributed by atoms with E-state index in [1.54, 1.807) is 12.3 Å². The molecule has 1 fully saturated rings. The molecule has 1 saturated heterocycles. The minimum absolute atomic E-state index is 0.222. The number of halogens is 1. The van der Waals surface area contributed by atoms with E-state index >= 15 is 0 Å². The van der Waals surface area contributed by atoms with Gasteiger partial charge in [-0.3, -0.25) is 9.69 Å². The van der Waals surface area contributed by atoms with Crippen LogP contribution in [0.25, 0.3) is 0 Å². The number of hydrogen-bond donors (Lipinski definition) is 2. The van der Waals surface area contributed by atoms with Gasteiger partial charge in [0.05, 0.1) is 25.6 Å². The van der Waals surface area contributed by atoms with Crippen molar-refractivity contribution in [3.05, 3.63) is 46.9 Å². The maximum atomic E-state index is 12.2. The van der Waals surface area contributed by atoms with Gasteiger partial charge >= 0.3 is 0 Å². The average molecular weight is 376 g/mol. The third kappa shape index (κ3) is 5.14. The molecule has 2 aromatic rings. The molecule has 138 valence electrons. The predicted octanol–water partition coefficient (Wildman–Crippen LogP) is 2.24. The van der Waals surface area contributed by atoms with Crippen LogP contribution in [0.15, 0.2) is 30.6 Å². The minimum Gasteiger partial charge on any atom is -0.379 e. The van der Waals surface area contributed by atoms with Gasteiger partial charge in [-0.05, 0) is 30.7 Å². The topological polar surface area (TPSA) is 79.4 Å². The Labute approximate surface area is 157 Å². The smallest absolute Gasteiger partial charge is 0.271 e. The highest BCUT2D eigenvalue weighted by atomic mass is 35.5. The van der Waals surface area contributed by atoms with E-state index in [0.717, 1.165) is 44.1 Å². The van der Waals surface area contributed by atoms with Gasteiger partial charge in [-0.2, -0.15) is 0 Å². The Balaban J connectivity index is 1.50. The van der Waals surface area contributed by atoms with Crippen molar-refractivity contribution in [1.82, 2.24) is 20.2 Å². The molecular weight excluding hydrogens is 354 g/mol. The van der Waals surface area contributed by atoms with Crippen molar-refractivity contribution >= 4 is 29.0 Å². The van der Waals surface area contributed by atoms with Crippen molar-refractivity contribution in [3.8, 4) is 0 Å². The lowest BCUT2D eigenvalue weighted by Crippen LogP contribution is -2.41. The first-order valence-corrected chi connectivity index (χ1v) is 8.93. The molecule has 26 heavy (non-hydrogen) atoms. The van der Waals surface area contributed by atoms with Crippen molar-refractivity contribution in [2.75, 3.05) is 44.7 Å². The molecule has 2 N–H and O–H groups in total. The fourth-order valence-electron chi connectivity index (χ4n) is 2.66. The summed E-state index contributed by atoms with van der Waals surface area (Å²) >= 11 is 5.96. The third-order valence-corrected chi connectivity index (χ3v) is 4.39. The van der Waals surface area contributed by atoms with Crippen LogP contribution in [-0.4, -0.2) is 60.2 Å². The van der Waals surface area contributed by atoms with Crippen LogP contribution >= 0.6 is 11.6 Å². The minimum atomic E-state index is -0.222. The van der Waals surface area contributed by atoms with E-state index < -0.39 is 0 Å². The van der Waals surface area contributed by atoms with E-state index in [4.69, 9.17) is 16.3 Å². The fourth-order valence-corrected chi connectivity index (χ4v) is 2.88. The Hall–Kier alpha value is -2.22. The van der Waals surface area contributed by atoms with Gasteiger partial charge in [0.2, 0.25) is 0 Å². The molecule has 0 bridgehead atoms. The Bertz CT molecular complexity index is 748. The van der Waals surface area contributed by atoms with Crippen molar-refractivity contribution in [2.45, 2.75) is 6.92 Å². The van der Waals surface area contributed by atoms with Gasteiger partial charge in [0.15, 0.2) is 0 Å². The van der Waals surface area contributed by atoms with Crippen molar-refractivity contribution in [2.24, 2.45) is 0 Å². The molecule has 1 aliphatic rings. The normalized spacial score (nSPS) is 14.8. The third-order valence-electron chi connectivity index (χ3n) is 4.15. The summed E-state index contributed by atoms with van der Waals surface area (Å²) < 4.78 is 5.30. The van der Waals surface area contributed by atoms with E-state index in [2.05, 4.69) is 25.5 Å². The van der Waals surface area contributed by atoms with Crippen molar-refractivity contribution < 1.29 is 9.53 Å². The lowest BCUT2D eigenvalue weighted by molar-refractivity contribution is 0.0383. The molecule has 1 aliphatic heterocycles. The number of ether oxygens (including phenoxy) is 1. The van der Waals surface area contributed by atoms with Crippen LogP contribution in [0.2, 0.25) is 5.02 Å². The Morgan fingerprint density at radius 3 is 2.77 bits per heavy atom. The zero-order chi connectivity index (χ0) is 18.4. The zero-order valence-electron chi connectivity index (χ0n) is 14.7. The summed E-state index contributed by atoms with van der Waals surface area (Å²) in [5.41, 5.74) is 2.20. The SMILES string of the molecule is Cc1cc(Cl)ccc1Nc1cnc(C(=O)NCCN2CCOCC2)cn1. The number of carbonyl (C=O) groups excluding carboxylic acids is 1. The first-order chi connectivity index (χ1) is 12.6. The summed E-state index contributed by atoms with van der Waals surface area (Å²) in [5.74, 6) is 0.347. The number of nitrogens with zero attached hydrogens (tertiary/aromatic N) is 3. The summed E-state index contributed by atoms with van der Waals surface area (Å²) in [6.45, 7) is 6.64. The van der Waals surface area contributed by atoms with Gasteiger partial charge < -0.3 is 15.4 Å². The van der Waals surface area contributed by atoms with Gasteiger partial charge in [-0.15, -0.1) is 0 Å². The highest BCUT2D eigenvalue weighted by Crippen LogP contribution is 2.22. The molecular formula is C18H22ClN5O2. The molecule has 0 saturated carbocycles. The molecule has 0 atom stereocenters. The van der Waals surface area contributed by atoms with E-state index in [0.29, 0.717) is 23.1 Å². The number of hydrogen-bond acceptors (Lipinski definition) is 6. The monoisotopic (exact) mass is 375 g/mol. The Kier molecular flexibility index (Phi) is 6.38.